The number of anilines is 1. The number of hydrogen-bond acceptors (Lipinski definition) is 2. The molecule has 2 aromatic rings. The van der Waals surface area contributed by atoms with Crippen molar-refractivity contribution >= 4 is 22.5 Å². The van der Waals surface area contributed by atoms with E-state index in [1.54, 1.807) is 0 Å². The van der Waals surface area contributed by atoms with E-state index in [1.165, 1.54) is 0 Å². The highest BCUT2D eigenvalue weighted by Gasteiger charge is 2.16. The second-order valence-electron chi connectivity index (χ2n) is 4.75. The van der Waals surface area contributed by atoms with Crippen LogP contribution in [0.25, 0.3) is 10.8 Å². The van der Waals surface area contributed by atoms with Crippen LogP contribution in [0.1, 0.15) is 0 Å². The molecule has 98 valence electrons. The van der Waals surface area contributed by atoms with Gasteiger partial charge >= 0.3 is 6.03 Å². The number of fused-ring (bicyclic) bond motifs is 1. The Kier molecular flexibility index (Phi) is 3.33. The van der Waals surface area contributed by atoms with Gasteiger partial charge in [-0.2, -0.15) is 0 Å². The molecule has 0 saturated carbocycles. The number of benzene rings is 2. The van der Waals surface area contributed by atoms with Gasteiger partial charge in [0.2, 0.25) is 0 Å². The first-order valence-electron chi connectivity index (χ1n) is 6.58. The van der Waals surface area contributed by atoms with Crippen molar-refractivity contribution in [3.8, 4) is 0 Å². The smallest absolute Gasteiger partial charge is 0.319 e. The van der Waals surface area contributed by atoms with E-state index in [4.69, 9.17) is 0 Å². The van der Waals surface area contributed by atoms with Gasteiger partial charge in [-0.15, -0.1) is 0 Å². The van der Waals surface area contributed by atoms with Gasteiger partial charge in [0.1, 0.15) is 0 Å². The molecule has 1 fully saturated rings. The lowest BCUT2D eigenvalue weighted by Gasteiger charge is -2.10. The number of rotatable bonds is 4. The maximum absolute atomic E-state index is 11.8. The number of urea groups is 1. The topological polar surface area (TPSA) is 44.1 Å². The molecular weight excluding hydrogens is 238 g/mol. The molecule has 19 heavy (non-hydrogen) atoms. The molecule has 1 aliphatic rings. The average molecular weight is 255 g/mol. The van der Waals surface area contributed by atoms with Crippen LogP contribution in [0.15, 0.2) is 42.5 Å². The van der Waals surface area contributed by atoms with Crippen LogP contribution in [0.5, 0.6) is 0 Å². The Labute approximate surface area is 112 Å². The fourth-order valence-corrected chi connectivity index (χ4v) is 2.12. The second kappa shape index (κ2) is 5.28. The number of hydrogen-bond donors (Lipinski definition) is 2. The summed E-state index contributed by atoms with van der Waals surface area (Å²) >= 11 is 0. The summed E-state index contributed by atoms with van der Waals surface area (Å²) in [6.45, 7) is 3.94. The number of nitrogens with zero attached hydrogens (tertiary/aromatic N) is 1. The van der Waals surface area contributed by atoms with Crippen molar-refractivity contribution in [2.24, 2.45) is 0 Å². The number of carbonyl (C=O) groups is 1. The lowest BCUT2D eigenvalue weighted by molar-refractivity contribution is 0.251. The zero-order valence-corrected chi connectivity index (χ0v) is 10.7. The van der Waals surface area contributed by atoms with Crippen LogP contribution < -0.4 is 10.6 Å². The van der Waals surface area contributed by atoms with E-state index in [0.717, 1.165) is 36.1 Å². The zero-order chi connectivity index (χ0) is 13.1. The van der Waals surface area contributed by atoms with Crippen LogP contribution in [0.2, 0.25) is 0 Å². The Hall–Kier alpha value is -2.07. The molecule has 0 aliphatic carbocycles. The molecule has 0 radical (unpaired) electrons. The minimum Gasteiger partial charge on any atom is -0.337 e. The van der Waals surface area contributed by atoms with Gasteiger partial charge in [0, 0.05) is 31.6 Å². The number of carbonyl (C=O) groups excluding carboxylic acids is 1. The van der Waals surface area contributed by atoms with E-state index >= 15 is 0 Å². The molecule has 0 atom stereocenters. The van der Waals surface area contributed by atoms with E-state index in [9.17, 15) is 4.79 Å². The summed E-state index contributed by atoms with van der Waals surface area (Å²) in [4.78, 5) is 14.1. The summed E-state index contributed by atoms with van der Waals surface area (Å²) < 4.78 is 0. The highest BCUT2D eigenvalue weighted by Crippen LogP contribution is 2.22. The molecule has 2 N–H and O–H groups in total. The fourth-order valence-electron chi connectivity index (χ4n) is 2.12. The first kappa shape index (κ1) is 12.0. The summed E-state index contributed by atoms with van der Waals surface area (Å²) in [6.07, 6.45) is 0. The third-order valence-electron chi connectivity index (χ3n) is 3.29. The SMILES string of the molecule is O=C(NCCN1CC1)Nc1cccc2ccccc12. The third kappa shape index (κ3) is 3.03. The Bertz CT molecular complexity index is 587. The van der Waals surface area contributed by atoms with Gasteiger partial charge in [0.25, 0.3) is 0 Å². The van der Waals surface area contributed by atoms with E-state index < -0.39 is 0 Å². The van der Waals surface area contributed by atoms with Gasteiger partial charge in [-0.25, -0.2) is 4.79 Å². The van der Waals surface area contributed by atoms with Gasteiger partial charge < -0.3 is 10.6 Å². The van der Waals surface area contributed by atoms with Crippen molar-refractivity contribution in [3.05, 3.63) is 42.5 Å². The lowest BCUT2D eigenvalue weighted by atomic mass is 10.1. The van der Waals surface area contributed by atoms with Gasteiger partial charge in [-0.3, -0.25) is 4.90 Å². The summed E-state index contributed by atoms with van der Waals surface area (Å²) in [5.74, 6) is 0. The number of nitrogens with one attached hydrogen (secondary N) is 2. The average Bonchev–Trinajstić information content (AvgIpc) is 3.23. The van der Waals surface area contributed by atoms with E-state index in [0.29, 0.717) is 6.54 Å². The van der Waals surface area contributed by atoms with Crippen LogP contribution in [0, 0.1) is 0 Å². The molecule has 2 amide bonds. The van der Waals surface area contributed by atoms with Crippen molar-refractivity contribution < 1.29 is 4.79 Å². The number of amides is 2. The molecule has 4 heteroatoms. The highest BCUT2D eigenvalue weighted by molar-refractivity contribution is 6.01. The van der Waals surface area contributed by atoms with Crippen LogP contribution in [0.4, 0.5) is 10.5 Å². The van der Waals surface area contributed by atoms with Crippen LogP contribution in [-0.4, -0.2) is 37.1 Å². The first-order chi connectivity index (χ1) is 9.33. The largest absolute Gasteiger partial charge is 0.337 e. The molecule has 1 heterocycles. The molecule has 1 aliphatic heterocycles. The third-order valence-corrected chi connectivity index (χ3v) is 3.29. The molecule has 0 bridgehead atoms. The van der Waals surface area contributed by atoms with Crippen molar-refractivity contribution in [2.45, 2.75) is 0 Å². The minimum atomic E-state index is -0.141. The first-order valence-corrected chi connectivity index (χ1v) is 6.58. The standard InChI is InChI=1S/C15H17N3O/c19-15(16-8-9-18-10-11-18)17-14-7-3-5-12-4-1-2-6-13(12)14/h1-7H,8-11H2,(H2,16,17,19). The van der Waals surface area contributed by atoms with E-state index in [-0.39, 0.29) is 6.03 Å². The predicted molar refractivity (Wildman–Crippen MR) is 77.4 cm³/mol. The summed E-state index contributed by atoms with van der Waals surface area (Å²) in [6, 6.07) is 13.8. The van der Waals surface area contributed by atoms with Crippen LogP contribution >= 0.6 is 0 Å². The minimum absolute atomic E-state index is 0.141. The van der Waals surface area contributed by atoms with Crippen molar-refractivity contribution in [1.82, 2.24) is 10.2 Å². The molecule has 1 saturated heterocycles. The van der Waals surface area contributed by atoms with Crippen molar-refractivity contribution in [3.63, 3.8) is 0 Å². The highest BCUT2D eigenvalue weighted by atomic mass is 16.2. The van der Waals surface area contributed by atoms with Crippen LogP contribution in [0.3, 0.4) is 0 Å². The molecule has 0 spiro atoms. The fraction of sp³-hybridized carbons (Fsp3) is 0.267. The lowest BCUT2D eigenvalue weighted by Crippen LogP contribution is -2.32. The summed E-state index contributed by atoms with van der Waals surface area (Å²) in [5, 5.41) is 7.98. The maximum atomic E-state index is 11.8. The van der Waals surface area contributed by atoms with Gasteiger partial charge in [0.05, 0.1) is 5.69 Å². The quantitative estimate of drug-likeness (QED) is 0.823. The Morgan fingerprint density at radius 3 is 2.74 bits per heavy atom. The Balaban J connectivity index is 1.64. The second-order valence-corrected chi connectivity index (χ2v) is 4.75. The molecule has 0 unspecified atom stereocenters. The van der Waals surface area contributed by atoms with Gasteiger partial charge in [-0.05, 0) is 11.5 Å². The molecular formula is C15H17N3O. The van der Waals surface area contributed by atoms with Crippen LogP contribution in [-0.2, 0) is 0 Å². The zero-order valence-electron chi connectivity index (χ0n) is 10.7. The Morgan fingerprint density at radius 1 is 1.11 bits per heavy atom. The van der Waals surface area contributed by atoms with Crippen molar-refractivity contribution in [2.75, 3.05) is 31.5 Å². The predicted octanol–water partition coefficient (Wildman–Crippen LogP) is 2.28. The monoisotopic (exact) mass is 255 g/mol. The summed E-state index contributed by atoms with van der Waals surface area (Å²) in [5.41, 5.74) is 0.849. The Morgan fingerprint density at radius 2 is 1.89 bits per heavy atom. The normalized spacial score (nSPS) is 14.3. The van der Waals surface area contributed by atoms with Gasteiger partial charge in [0.15, 0.2) is 0 Å². The van der Waals surface area contributed by atoms with E-state index in [1.807, 2.05) is 42.5 Å². The molecule has 0 aromatic heterocycles. The molecule has 3 rings (SSSR count). The van der Waals surface area contributed by atoms with Crippen molar-refractivity contribution in [1.29, 1.82) is 0 Å². The van der Waals surface area contributed by atoms with E-state index in [2.05, 4.69) is 15.5 Å². The van der Waals surface area contributed by atoms with Gasteiger partial charge in [-0.1, -0.05) is 36.4 Å². The summed E-state index contributed by atoms with van der Waals surface area (Å²) in [7, 11) is 0. The molecule has 2 aromatic carbocycles. The molecule has 4 nitrogen and oxygen atoms in total. The maximum Gasteiger partial charge on any atom is 0.319 e.